The summed E-state index contributed by atoms with van der Waals surface area (Å²) < 4.78 is 0.769. The van der Waals surface area contributed by atoms with Crippen LogP contribution in [0.25, 0.3) is 0 Å². The number of anilines is 1. The number of allylic oxidation sites excluding steroid dienone is 1. The smallest absolute Gasteiger partial charge is 0.132 e. The minimum absolute atomic E-state index is 0.769. The Balaban J connectivity index is 2.77. The Labute approximate surface area is 73.7 Å². The number of hydrogen-bond donors (Lipinski definition) is 1. The van der Waals surface area contributed by atoms with Crippen LogP contribution in [-0.4, -0.2) is 9.97 Å². The van der Waals surface area contributed by atoms with Crippen molar-refractivity contribution < 1.29 is 0 Å². The fourth-order valence-corrected chi connectivity index (χ4v) is 0.893. The van der Waals surface area contributed by atoms with Crippen molar-refractivity contribution in [1.29, 1.82) is 0 Å². The van der Waals surface area contributed by atoms with Crippen LogP contribution in [0.1, 0.15) is 6.92 Å². The highest BCUT2D eigenvalue weighted by molar-refractivity contribution is 9.10. The molecule has 0 fully saturated rings. The van der Waals surface area contributed by atoms with Crippen molar-refractivity contribution in [3.8, 4) is 0 Å². The quantitative estimate of drug-likeness (QED) is 0.766. The summed E-state index contributed by atoms with van der Waals surface area (Å²) in [4.78, 5) is 7.80. The van der Waals surface area contributed by atoms with Gasteiger partial charge in [0.2, 0.25) is 0 Å². The zero-order chi connectivity index (χ0) is 8.10. The van der Waals surface area contributed by atoms with Gasteiger partial charge in [-0.05, 0) is 29.1 Å². The second-order valence-electron chi connectivity index (χ2n) is 1.87. The third kappa shape index (κ3) is 2.31. The molecule has 0 unspecified atom stereocenters. The summed E-state index contributed by atoms with van der Waals surface area (Å²) in [5.41, 5.74) is 0.866. The Bertz CT molecular complexity index is 260. The van der Waals surface area contributed by atoms with Crippen LogP contribution in [0.5, 0.6) is 0 Å². The molecule has 0 aliphatic heterocycles. The van der Waals surface area contributed by atoms with E-state index in [1.807, 2.05) is 19.2 Å². The highest BCUT2D eigenvalue weighted by Gasteiger charge is 1.95. The van der Waals surface area contributed by atoms with Gasteiger partial charge in [-0.15, -0.1) is 0 Å². The summed E-state index contributed by atoms with van der Waals surface area (Å²) in [5.74, 6) is 0. The molecule has 4 heteroatoms. The van der Waals surface area contributed by atoms with Gasteiger partial charge in [0.25, 0.3) is 0 Å². The first kappa shape index (κ1) is 8.20. The minimum Gasteiger partial charge on any atom is -0.359 e. The molecule has 1 aromatic heterocycles. The van der Waals surface area contributed by atoms with E-state index < -0.39 is 0 Å². The van der Waals surface area contributed by atoms with E-state index in [9.17, 15) is 0 Å². The van der Waals surface area contributed by atoms with E-state index >= 15 is 0 Å². The number of nitrogens with zero attached hydrogens (tertiary/aromatic N) is 2. The number of halogens is 1. The molecule has 11 heavy (non-hydrogen) atoms. The number of rotatable bonds is 2. The summed E-state index contributed by atoms with van der Waals surface area (Å²) >= 11 is 3.28. The standard InChI is InChI=1S/C7H8BrN3/c1-2-3-10-6-4-9-5-11-7(6)8/h2-5,10H,1H3/b3-2-. The van der Waals surface area contributed by atoms with Gasteiger partial charge in [-0.1, -0.05) is 6.08 Å². The summed E-state index contributed by atoms with van der Waals surface area (Å²) in [5, 5.41) is 3.01. The highest BCUT2D eigenvalue weighted by atomic mass is 79.9. The topological polar surface area (TPSA) is 37.8 Å². The zero-order valence-electron chi connectivity index (χ0n) is 6.08. The molecule has 0 atom stereocenters. The molecular formula is C7H8BrN3. The van der Waals surface area contributed by atoms with Crippen LogP contribution in [0.15, 0.2) is 29.4 Å². The van der Waals surface area contributed by atoms with Crippen LogP contribution in [0, 0.1) is 0 Å². The molecule has 0 amide bonds. The van der Waals surface area contributed by atoms with Crippen molar-refractivity contribution in [1.82, 2.24) is 9.97 Å². The molecule has 1 N–H and O–H groups in total. The molecular weight excluding hydrogens is 206 g/mol. The third-order valence-corrected chi connectivity index (χ3v) is 1.70. The fraction of sp³-hybridized carbons (Fsp3) is 0.143. The first-order chi connectivity index (χ1) is 5.34. The van der Waals surface area contributed by atoms with E-state index in [0.717, 1.165) is 10.3 Å². The Kier molecular flexibility index (Phi) is 3.04. The average molecular weight is 214 g/mol. The fourth-order valence-electron chi connectivity index (χ4n) is 0.585. The number of aromatic nitrogens is 2. The lowest BCUT2D eigenvalue weighted by Gasteiger charge is -1.99. The molecule has 0 aliphatic carbocycles. The largest absolute Gasteiger partial charge is 0.359 e. The minimum atomic E-state index is 0.769. The molecule has 0 saturated carbocycles. The zero-order valence-corrected chi connectivity index (χ0v) is 7.67. The first-order valence-electron chi connectivity index (χ1n) is 3.18. The van der Waals surface area contributed by atoms with Crippen LogP contribution in [0.3, 0.4) is 0 Å². The molecule has 0 saturated heterocycles. The van der Waals surface area contributed by atoms with Crippen molar-refractivity contribution >= 4 is 21.6 Å². The maximum absolute atomic E-state index is 3.94. The second-order valence-corrected chi connectivity index (χ2v) is 2.62. The van der Waals surface area contributed by atoms with Crippen molar-refractivity contribution in [2.45, 2.75) is 6.92 Å². The average Bonchev–Trinajstić information content (AvgIpc) is 2.03. The maximum Gasteiger partial charge on any atom is 0.132 e. The van der Waals surface area contributed by atoms with E-state index in [4.69, 9.17) is 0 Å². The Morgan fingerprint density at radius 3 is 3.09 bits per heavy atom. The number of hydrogen-bond acceptors (Lipinski definition) is 3. The lowest BCUT2D eigenvalue weighted by atomic mass is 10.5. The van der Waals surface area contributed by atoms with Crippen molar-refractivity contribution in [3.63, 3.8) is 0 Å². The molecule has 0 spiro atoms. The van der Waals surface area contributed by atoms with E-state index in [2.05, 4.69) is 31.2 Å². The van der Waals surface area contributed by atoms with Gasteiger partial charge in [0, 0.05) is 0 Å². The van der Waals surface area contributed by atoms with Crippen molar-refractivity contribution in [2.24, 2.45) is 0 Å². The van der Waals surface area contributed by atoms with E-state index in [1.165, 1.54) is 6.33 Å². The van der Waals surface area contributed by atoms with E-state index in [0.29, 0.717) is 0 Å². The summed E-state index contributed by atoms with van der Waals surface area (Å²) in [6.45, 7) is 1.94. The maximum atomic E-state index is 3.94. The van der Waals surface area contributed by atoms with Crippen molar-refractivity contribution in [3.05, 3.63) is 29.4 Å². The third-order valence-electron chi connectivity index (χ3n) is 1.07. The van der Waals surface area contributed by atoms with Gasteiger partial charge in [-0.3, -0.25) is 0 Å². The first-order valence-corrected chi connectivity index (χ1v) is 3.97. The molecule has 1 rings (SSSR count). The Morgan fingerprint density at radius 2 is 2.45 bits per heavy atom. The predicted octanol–water partition coefficient (Wildman–Crippen LogP) is 2.18. The summed E-state index contributed by atoms with van der Waals surface area (Å²) in [6, 6.07) is 0. The molecule has 1 heterocycles. The van der Waals surface area contributed by atoms with Gasteiger partial charge in [-0.2, -0.15) is 0 Å². The lowest BCUT2D eigenvalue weighted by molar-refractivity contribution is 1.14. The predicted molar refractivity (Wildman–Crippen MR) is 48.2 cm³/mol. The van der Waals surface area contributed by atoms with Gasteiger partial charge in [-0.25, -0.2) is 9.97 Å². The Hall–Kier alpha value is -0.900. The molecule has 1 aromatic rings. The van der Waals surface area contributed by atoms with Crippen LogP contribution >= 0.6 is 15.9 Å². The van der Waals surface area contributed by atoms with Gasteiger partial charge >= 0.3 is 0 Å². The second kappa shape index (κ2) is 4.08. The molecule has 3 nitrogen and oxygen atoms in total. The molecule has 58 valence electrons. The monoisotopic (exact) mass is 213 g/mol. The van der Waals surface area contributed by atoms with E-state index in [-0.39, 0.29) is 0 Å². The normalized spacial score (nSPS) is 10.4. The van der Waals surface area contributed by atoms with Gasteiger partial charge < -0.3 is 5.32 Å². The van der Waals surface area contributed by atoms with Crippen LogP contribution < -0.4 is 5.32 Å². The SMILES string of the molecule is C/C=C\Nc1cncnc1Br. The van der Waals surface area contributed by atoms with Crippen molar-refractivity contribution in [2.75, 3.05) is 5.32 Å². The molecule has 0 aliphatic rings. The molecule has 0 radical (unpaired) electrons. The van der Waals surface area contributed by atoms with Crippen LogP contribution in [0.4, 0.5) is 5.69 Å². The molecule has 0 bridgehead atoms. The van der Waals surface area contributed by atoms with Crippen LogP contribution in [0.2, 0.25) is 0 Å². The number of nitrogens with one attached hydrogen (secondary N) is 1. The van der Waals surface area contributed by atoms with Gasteiger partial charge in [0.15, 0.2) is 0 Å². The highest BCUT2D eigenvalue weighted by Crippen LogP contribution is 2.16. The van der Waals surface area contributed by atoms with Gasteiger partial charge in [0.05, 0.1) is 11.9 Å². The summed E-state index contributed by atoms with van der Waals surface area (Å²) in [6.07, 6.45) is 6.92. The van der Waals surface area contributed by atoms with E-state index in [1.54, 1.807) is 6.20 Å². The lowest BCUT2D eigenvalue weighted by Crippen LogP contribution is -1.90. The van der Waals surface area contributed by atoms with Crippen LogP contribution in [-0.2, 0) is 0 Å². The van der Waals surface area contributed by atoms with Gasteiger partial charge in [0.1, 0.15) is 10.9 Å². The Morgan fingerprint density at radius 1 is 1.64 bits per heavy atom. The summed E-state index contributed by atoms with van der Waals surface area (Å²) in [7, 11) is 0. The molecule has 0 aromatic carbocycles.